The first-order valence-corrected chi connectivity index (χ1v) is 17.4. The van der Waals surface area contributed by atoms with Crippen LogP contribution in [0, 0.1) is 10.8 Å². The number of methoxy groups -OCH3 is 1. The van der Waals surface area contributed by atoms with Gasteiger partial charge in [-0.3, -0.25) is 9.59 Å². The molecule has 2 saturated carbocycles. The Labute approximate surface area is 289 Å². The summed E-state index contributed by atoms with van der Waals surface area (Å²) in [5, 5.41) is 9.87. The van der Waals surface area contributed by atoms with Crippen molar-refractivity contribution in [3.05, 3.63) is 64.4 Å². The second kappa shape index (κ2) is 13.7. The first kappa shape index (κ1) is 35.7. The number of imidazole rings is 1. The zero-order valence-electron chi connectivity index (χ0n) is 29.5. The van der Waals surface area contributed by atoms with Crippen LogP contribution in [0.1, 0.15) is 96.1 Å². The Morgan fingerprint density at radius 3 is 2.38 bits per heavy atom. The molecule has 1 unspecified atom stereocenters. The monoisotopic (exact) mass is 678 g/mol. The van der Waals surface area contributed by atoms with Crippen molar-refractivity contribution in [2.24, 2.45) is 10.8 Å². The van der Waals surface area contributed by atoms with Gasteiger partial charge in [0.15, 0.2) is 0 Å². The number of hydrogen-bond acceptors (Lipinski definition) is 5. The number of likely N-dealkylation sites (N-methyl/N-ethyl adjacent to an activating group) is 1. The Hall–Kier alpha value is -3.63. The molecule has 0 saturated heterocycles. The molecule has 4 N–H and O–H groups in total. The third-order valence-corrected chi connectivity index (χ3v) is 10.5. The van der Waals surface area contributed by atoms with Crippen LogP contribution < -0.4 is 16.0 Å². The van der Waals surface area contributed by atoms with Gasteiger partial charge in [0.05, 0.1) is 29.1 Å². The smallest absolute Gasteiger partial charge is 0.317 e. The third-order valence-electron chi connectivity index (χ3n) is 10.2. The molecule has 10 nitrogen and oxygen atoms in total. The summed E-state index contributed by atoms with van der Waals surface area (Å²) < 4.78 is 5.59. The number of nitrogens with zero attached hydrogens (tertiary/aromatic N) is 2. The molecular formula is C37H51ClN6O4. The number of aromatic nitrogens is 2. The van der Waals surface area contributed by atoms with Gasteiger partial charge in [0.1, 0.15) is 11.9 Å². The third kappa shape index (κ3) is 7.34. The second-order valence-corrected chi connectivity index (χ2v) is 15.6. The summed E-state index contributed by atoms with van der Waals surface area (Å²) in [6, 6.07) is 12.4. The highest BCUT2D eigenvalue weighted by Gasteiger charge is 2.51. The first-order chi connectivity index (χ1) is 22.6. The number of fused-ring (bicyclic) bond motifs is 1. The van der Waals surface area contributed by atoms with Gasteiger partial charge in [-0.2, -0.15) is 0 Å². The average molecular weight is 679 g/mol. The fraction of sp³-hybridized carbons (Fsp3) is 0.568. The number of ether oxygens (including phenoxy) is 1. The Kier molecular flexibility index (Phi) is 10.2. The number of benzene rings is 2. The van der Waals surface area contributed by atoms with Crippen LogP contribution in [0.25, 0.3) is 11.0 Å². The van der Waals surface area contributed by atoms with Crippen LogP contribution >= 0.6 is 11.6 Å². The molecule has 0 radical (unpaired) electrons. The van der Waals surface area contributed by atoms with Crippen molar-refractivity contribution in [1.29, 1.82) is 0 Å². The highest BCUT2D eigenvalue weighted by atomic mass is 35.5. The fourth-order valence-corrected chi connectivity index (χ4v) is 6.95. The van der Waals surface area contributed by atoms with Gasteiger partial charge in [-0.05, 0) is 79.7 Å². The van der Waals surface area contributed by atoms with Crippen LogP contribution in [0.5, 0.6) is 0 Å². The molecule has 4 amide bonds. The maximum atomic E-state index is 14.0. The van der Waals surface area contributed by atoms with E-state index in [0.29, 0.717) is 28.5 Å². The van der Waals surface area contributed by atoms with Gasteiger partial charge >= 0.3 is 6.03 Å². The molecule has 11 heteroatoms. The maximum Gasteiger partial charge on any atom is 0.317 e. The molecule has 5 rings (SSSR count). The standard InChI is InChI=1S/C37H51ClN6O4/c1-9-39-32(45)30(35(2,3)4)43-33(46)37(6,21-48-8)22-14-17-26-27(20-22)41-31(40-26)29(42-34(47)44(7)23-15-16-23)28(36(5)18-19-36)24-12-10-11-13-25(24)38/h10-14,17,20,23,28-30H,9,15-16,18-19,21H2,1-8H3,(H,39,45)(H,40,41)(H,42,47)(H,43,46)/t28-,29-,30-,37?/m0/s1. The molecule has 1 heterocycles. The van der Waals surface area contributed by atoms with E-state index in [4.69, 9.17) is 21.3 Å². The number of urea groups is 1. The van der Waals surface area contributed by atoms with Crippen molar-refractivity contribution in [2.45, 2.75) is 96.7 Å². The number of carbonyl (C=O) groups is 3. The van der Waals surface area contributed by atoms with Crippen molar-refractivity contribution in [3.8, 4) is 0 Å². The number of H-pyrrole nitrogens is 1. The molecule has 0 spiro atoms. The molecule has 260 valence electrons. The summed E-state index contributed by atoms with van der Waals surface area (Å²) in [4.78, 5) is 51.0. The van der Waals surface area contributed by atoms with Crippen LogP contribution in [0.3, 0.4) is 0 Å². The number of aromatic amines is 1. The molecule has 0 bridgehead atoms. The van der Waals surface area contributed by atoms with E-state index in [-0.39, 0.29) is 41.8 Å². The normalized spacial score (nSPS) is 18.7. The zero-order chi connectivity index (χ0) is 35.0. The van der Waals surface area contributed by atoms with Crippen LogP contribution in [-0.4, -0.2) is 72.1 Å². The van der Waals surface area contributed by atoms with Crippen LogP contribution in [0.15, 0.2) is 42.5 Å². The summed E-state index contributed by atoms with van der Waals surface area (Å²) in [5.41, 5.74) is 1.40. The average Bonchev–Trinajstić information content (AvgIpc) is 3.97. The topological polar surface area (TPSA) is 128 Å². The number of hydrogen-bond donors (Lipinski definition) is 4. The van der Waals surface area contributed by atoms with Gasteiger partial charge in [-0.25, -0.2) is 9.78 Å². The molecule has 48 heavy (non-hydrogen) atoms. The Balaban J connectivity index is 1.54. The number of rotatable bonds is 13. The van der Waals surface area contributed by atoms with Crippen LogP contribution in [0.4, 0.5) is 4.79 Å². The SMILES string of the molecule is CCNC(=O)[C@H](NC(=O)C(C)(COC)c1ccc2nc([C@@H](NC(=O)N(C)C3CC3)[C@H](c3ccccc3Cl)C3(C)CC3)[nH]c2c1)C(C)(C)C. The lowest BCUT2D eigenvalue weighted by Crippen LogP contribution is -2.58. The number of nitrogens with one attached hydrogen (secondary N) is 4. The molecule has 2 aliphatic rings. The zero-order valence-corrected chi connectivity index (χ0v) is 30.3. The molecule has 4 atom stereocenters. The van der Waals surface area contributed by atoms with E-state index in [1.54, 1.807) is 12.0 Å². The predicted octanol–water partition coefficient (Wildman–Crippen LogP) is 6.22. The van der Waals surface area contributed by atoms with Gasteiger partial charge in [0.2, 0.25) is 11.8 Å². The molecule has 1 aromatic heterocycles. The second-order valence-electron chi connectivity index (χ2n) is 15.2. The first-order valence-electron chi connectivity index (χ1n) is 17.0. The van der Waals surface area contributed by atoms with E-state index in [1.165, 1.54) is 0 Å². The Bertz CT molecular complexity index is 1660. The van der Waals surface area contributed by atoms with E-state index < -0.39 is 22.9 Å². The Morgan fingerprint density at radius 1 is 1.10 bits per heavy atom. The van der Waals surface area contributed by atoms with Crippen molar-refractivity contribution >= 4 is 40.5 Å². The maximum absolute atomic E-state index is 14.0. The van der Waals surface area contributed by atoms with Crippen molar-refractivity contribution in [2.75, 3.05) is 27.3 Å². The van der Waals surface area contributed by atoms with E-state index in [0.717, 1.165) is 36.8 Å². The van der Waals surface area contributed by atoms with Crippen molar-refractivity contribution in [1.82, 2.24) is 30.8 Å². The van der Waals surface area contributed by atoms with Crippen molar-refractivity contribution in [3.63, 3.8) is 0 Å². The molecule has 0 aliphatic heterocycles. The Morgan fingerprint density at radius 2 is 1.79 bits per heavy atom. The summed E-state index contributed by atoms with van der Waals surface area (Å²) in [6.45, 7) is 12.2. The molecule has 2 aliphatic carbocycles. The highest BCUT2D eigenvalue weighted by Crippen LogP contribution is 2.60. The predicted molar refractivity (Wildman–Crippen MR) is 189 cm³/mol. The summed E-state index contributed by atoms with van der Waals surface area (Å²) in [5.74, 6) is -0.0523. The van der Waals surface area contributed by atoms with E-state index >= 15 is 0 Å². The summed E-state index contributed by atoms with van der Waals surface area (Å²) in [6.07, 6.45) is 4.02. The van der Waals surface area contributed by atoms with Gasteiger partial charge in [-0.15, -0.1) is 0 Å². The number of carbonyl (C=O) groups excluding carboxylic acids is 3. The lowest BCUT2D eigenvalue weighted by atomic mass is 9.78. The molecule has 2 fully saturated rings. The minimum absolute atomic E-state index is 0.0754. The minimum atomic E-state index is -1.12. The van der Waals surface area contributed by atoms with Gasteiger partial charge in [0, 0.05) is 37.7 Å². The quantitative estimate of drug-likeness (QED) is 0.171. The lowest BCUT2D eigenvalue weighted by molar-refractivity contribution is -0.135. The summed E-state index contributed by atoms with van der Waals surface area (Å²) >= 11 is 6.83. The van der Waals surface area contributed by atoms with Gasteiger partial charge < -0.3 is 30.6 Å². The summed E-state index contributed by atoms with van der Waals surface area (Å²) in [7, 11) is 3.40. The molecule has 2 aromatic carbocycles. The van der Waals surface area contributed by atoms with Crippen LogP contribution in [0.2, 0.25) is 5.02 Å². The highest BCUT2D eigenvalue weighted by molar-refractivity contribution is 6.31. The van der Waals surface area contributed by atoms with Gasteiger partial charge in [0.25, 0.3) is 0 Å². The van der Waals surface area contributed by atoms with E-state index in [9.17, 15) is 14.4 Å². The molecule has 3 aromatic rings. The number of halogens is 1. The fourth-order valence-electron chi connectivity index (χ4n) is 6.70. The van der Waals surface area contributed by atoms with E-state index in [2.05, 4.69) is 27.9 Å². The van der Waals surface area contributed by atoms with Crippen LogP contribution in [-0.2, 0) is 19.7 Å². The minimum Gasteiger partial charge on any atom is -0.383 e. The largest absolute Gasteiger partial charge is 0.383 e. The van der Waals surface area contributed by atoms with Crippen molar-refractivity contribution < 1.29 is 19.1 Å². The number of amides is 4. The lowest BCUT2D eigenvalue weighted by Gasteiger charge is -2.35. The van der Waals surface area contributed by atoms with Gasteiger partial charge in [-0.1, -0.05) is 63.6 Å². The molecular weight excluding hydrogens is 628 g/mol. The van der Waals surface area contributed by atoms with E-state index in [1.807, 2.05) is 84.1 Å².